The van der Waals surface area contributed by atoms with Gasteiger partial charge >= 0.3 is 0 Å². The van der Waals surface area contributed by atoms with E-state index in [0.717, 1.165) is 33.4 Å². The Morgan fingerprint density at radius 1 is 1.06 bits per heavy atom. The Labute approximate surface area is 205 Å². The highest BCUT2D eigenvalue weighted by Crippen LogP contribution is 2.41. The summed E-state index contributed by atoms with van der Waals surface area (Å²) >= 11 is 0. The van der Waals surface area contributed by atoms with Crippen LogP contribution < -0.4 is 4.90 Å². The summed E-state index contributed by atoms with van der Waals surface area (Å²) in [5, 5.41) is 0.973. The van der Waals surface area contributed by atoms with Gasteiger partial charge in [-0.3, -0.25) is 4.79 Å². The second-order valence-electron chi connectivity index (χ2n) is 9.41. The molecule has 7 nitrogen and oxygen atoms in total. The van der Waals surface area contributed by atoms with Crippen LogP contribution in [0.3, 0.4) is 0 Å². The first-order chi connectivity index (χ1) is 16.6. The van der Waals surface area contributed by atoms with Crippen molar-refractivity contribution >= 4 is 38.2 Å². The summed E-state index contributed by atoms with van der Waals surface area (Å²) in [6, 6.07) is 14.9. The number of allylic oxidation sites excluding steroid dienone is 3. The molecule has 5 rings (SSSR count). The lowest BCUT2D eigenvalue weighted by molar-refractivity contribution is -0.129. The lowest BCUT2D eigenvalue weighted by Crippen LogP contribution is -2.51. The molecule has 1 unspecified atom stereocenters. The van der Waals surface area contributed by atoms with Gasteiger partial charge in [0.2, 0.25) is 11.9 Å². The van der Waals surface area contributed by atoms with Gasteiger partial charge in [0.15, 0.2) is 9.84 Å². The van der Waals surface area contributed by atoms with Crippen LogP contribution in [0.2, 0.25) is 0 Å². The Morgan fingerprint density at radius 2 is 1.77 bits per heavy atom. The number of carbonyl (C=O) groups excluding carboxylic acids is 1. The second kappa shape index (κ2) is 8.61. The molecule has 2 atom stereocenters. The zero-order chi connectivity index (χ0) is 24.9. The molecule has 180 valence electrons. The van der Waals surface area contributed by atoms with Gasteiger partial charge in [0, 0.05) is 37.0 Å². The van der Waals surface area contributed by atoms with Crippen LogP contribution in [0.15, 0.2) is 77.1 Å². The number of benzene rings is 2. The highest BCUT2D eigenvalue weighted by molar-refractivity contribution is 7.90. The number of hydrogen-bond donors (Lipinski definition) is 0. The summed E-state index contributed by atoms with van der Waals surface area (Å²) in [7, 11) is -3.27. The number of para-hydroxylation sites is 1. The fraction of sp³-hybridized carbons (Fsp3) is 0.296. The monoisotopic (exact) mass is 488 g/mol. The van der Waals surface area contributed by atoms with Gasteiger partial charge in [-0.2, -0.15) is 0 Å². The van der Waals surface area contributed by atoms with E-state index in [9.17, 15) is 13.2 Å². The lowest BCUT2D eigenvalue weighted by atomic mass is 9.83. The molecule has 8 heteroatoms. The summed E-state index contributed by atoms with van der Waals surface area (Å²) in [5.74, 6) is 0.763. The molecule has 1 aliphatic heterocycles. The third-order valence-corrected chi connectivity index (χ3v) is 7.89. The molecule has 1 amide bonds. The summed E-state index contributed by atoms with van der Waals surface area (Å²) in [4.78, 5) is 26.4. The number of hydrogen-bond acceptors (Lipinski definition) is 6. The molecule has 3 aromatic rings. The van der Waals surface area contributed by atoms with Crippen molar-refractivity contribution in [1.29, 1.82) is 0 Å². The highest BCUT2D eigenvalue weighted by atomic mass is 32.2. The SMILES string of the molecule is CC(=O)N1C2=C(C=C(c3ccc(S(C)(=O)=O)cc3)C(C)C2)N(c2ncc3ccccc3n2)C[C@@H]1C. The Kier molecular flexibility index (Phi) is 5.71. The summed E-state index contributed by atoms with van der Waals surface area (Å²) < 4.78 is 23.8. The summed E-state index contributed by atoms with van der Waals surface area (Å²) in [6.07, 6.45) is 5.84. The largest absolute Gasteiger partial charge is 0.310 e. The van der Waals surface area contributed by atoms with Crippen molar-refractivity contribution < 1.29 is 13.2 Å². The van der Waals surface area contributed by atoms with Crippen molar-refractivity contribution in [2.75, 3.05) is 17.7 Å². The van der Waals surface area contributed by atoms with Gasteiger partial charge in [-0.05, 0) is 54.7 Å². The summed E-state index contributed by atoms with van der Waals surface area (Å²) in [5.41, 5.74) is 4.80. The number of fused-ring (bicyclic) bond motifs is 1. The van der Waals surface area contributed by atoms with Crippen LogP contribution in [0.4, 0.5) is 5.95 Å². The molecule has 2 aliphatic rings. The van der Waals surface area contributed by atoms with E-state index >= 15 is 0 Å². The minimum atomic E-state index is -3.27. The third kappa shape index (κ3) is 4.23. The molecule has 0 saturated heterocycles. The van der Waals surface area contributed by atoms with E-state index in [1.807, 2.05) is 54.4 Å². The number of aromatic nitrogens is 2. The predicted molar refractivity (Wildman–Crippen MR) is 137 cm³/mol. The van der Waals surface area contributed by atoms with E-state index in [2.05, 4.69) is 22.9 Å². The van der Waals surface area contributed by atoms with Crippen LogP contribution in [-0.4, -0.2) is 48.0 Å². The Hall–Kier alpha value is -3.52. The molecule has 1 aliphatic carbocycles. The second-order valence-corrected chi connectivity index (χ2v) is 11.4. The van der Waals surface area contributed by atoms with Crippen molar-refractivity contribution in [2.45, 2.75) is 38.1 Å². The number of amides is 1. The Bertz CT molecular complexity index is 1490. The molecule has 2 heterocycles. The third-order valence-electron chi connectivity index (χ3n) is 6.76. The van der Waals surface area contributed by atoms with Crippen LogP contribution >= 0.6 is 0 Å². The fourth-order valence-electron chi connectivity index (χ4n) is 5.09. The van der Waals surface area contributed by atoms with Gasteiger partial charge < -0.3 is 9.80 Å². The van der Waals surface area contributed by atoms with Gasteiger partial charge in [-0.1, -0.05) is 37.3 Å². The Balaban J connectivity index is 1.64. The van der Waals surface area contributed by atoms with E-state index in [1.54, 1.807) is 19.1 Å². The number of carbonyl (C=O) groups is 1. The highest BCUT2D eigenvalue weighted by Gasteiger charge is 2.37. The standard InChI is InChI=1S/C27H28N4O3S/c1-17-13-26-25(14-23(17)20-9-11-22(12-10-20)35(4,33)34)30(16-18(2)31(26)19(3)32)27-28-15-21-7-5-6-8-24(21)29-27/h5-12,14-15,17-18H,13,16H2,1-4H3/t17?,18-/m0/s1. The number of sulfone groups is 1. The first kappa shape index (κ1) is 23.2. The molecular formula is C27H28N4O3S. The van der Waals surface area contributed by atoms with Crippen LogP contribution in [0.1, 0.15) is 32.8 Å². The van der Waals surface area contributed by atoms with Gasteiger partial charge in [-0.15, -0.1) is 0 Å². The van der Waals surface area contributed by atoms with E-state index in [0.29, 0.717) is 23.8 Å². The molecule has 0 saturated carbocycles. The van der Waals surface area contributed by atoms with Crippen molar-refractivity contribution in [3.05, 3.63) is 77.8 Å². The molecule has 0 bridgehead atoms. The number of anilines is 1. The Morgan fingerprint density at radius 3 is 2.46 bits per heavy atom. The molecule has 35 heavy (non-hydrogen) atoms. The molecule has 0 spiro atoms. The smallest absolute Gasteiger partial charge is 0.230 e. The van der Waals surface area contributed by atoms with Crippen LogP contribution in [0, 0.1) is 5.92 Å². The van der Waals surface area contributed by atoms with E-state index < -0.39 is 9.84 Å². The van der Waals surface area contributed by atoms with Crippen molar-refractivity contribution in [3.63, 3.8) is 0 Å². The predicted octanol–water partition coefficient (Wildman–Crippen LogP) is 4.43. The van der Waals surface area contributed by atoms with Crippen LogP contribution in [0.5, 0.6) is 0 Å². The van der Waals surface area contributed by atoms with Gasteiger partial charge in [0.25, 0.3) is 0 Å². The average molecular weight is 489 g/mol. The van der Waals surface area contributed by atoms with Gasteiger partial charge in [0.05, 0.1) is 22.2 Å². The van der Waals surface area contributed by atoms with E-state index in [-0.39, 0.29) is 17.9 Å². The number of rotatable bonds is 3. The molecule has 0 N–H and O–H groups in total. The molecule has 0 fully saturated rings. The zero-order valence-electron chi connectivity index (χ0n) is 20.3. The molecule has 1 aromatic heterocycles. The van der Waals surface area contributed by atoms with E-state index in [4.69, 9.17) is 4.98 Å². The minimum absolute atomic E-state index is 0.0191. The van der Waals surface area contributed by atoms with Crippen molar-refractivity contribution in [2.24, 2.45) is 5.92 Å². The quantitative estimate of drug-likeness (QED) is 0.543. The maximum absolute atomic E-state index is 12.6. The lowest BCUT2D eigenvalue weighted by Gasteiger charge is -2.44. The van der Waals surface area contributed by atoms with E-state index in [1.165, 1.54) is 6.26 Å². The number of nitrogens with zero attached hydrogens (tertiary/aromatic N) is 4. The minimum Gasteiger partial charge on any atom is -0.310 e. The maximum atomic E-state index is 12.6. The summed E-state index contributed by atoms with van der Waals surface area (Å²) in [6.45, 7) is 6.36. The fourth-order valence-corrected chi connectivity index (χ4v) is 5.72. The molecular weight excluding hydrogens is 460 g/mol. The first-order valence-electron chi connectivity index (χ1n) is 11.7. The zero-order valence-corrected chi connectivity index (χ0v) is 21.1. The van der Waals surface area contributed by atoms with Crippen molar-refractivity contribution in [1.82, 2.24) is 14.9 Å². The average Bonchev–Trinajstić information content (AvgIpc) is 2.82. The molecule has 0 radical (unpaired) electrons. The first-order valence-corrected chi connectivity index (χ1v) is 13.6. The topological polar surface area (TPSA) is 83.5 Å². The normalized spacial score (nSPS) is 20.6. The molecule has 2 aromatic carbocycles. The van der Waals surface area contributed by atoms with Crippen LogP contribution in [0.25, 0.3) is 16.5 Å². The van der Waals surface area contributed by atoms with Crippen molar-refractivity contribution in [3.8, 4) is 0 Å². The van der Waals surface area contributed by atoms with Crippen LogP contribution in [-0.2, 0) is 14.6 Å². The van der Waals surface area contributed by atoms with Gasteiger partial charge in [0.1, 0.15) is 0 Å². The maximum Gasteiger partial charge on any atom is 0.230 e. The van der Waals surface area contributed by atoms with Gasteiger partial charge in [-0.25, -0.2) is 18.4 Å².